The van der Waals surface area contributed by atoms with E-state index in [0.29, 0.717) is 18.7 Å². The molecule has 50 heavy (non-hydrogen) atoms. The zero-order valence-electron chi connectivity index (χ0n) is 28.7. The van der Waals surface area contributed by atoms with Crippen LogP contribution in [-0.4, -0.2) is 51.7 Å². The lowest BCUT2D eigenvalue weighted by Gasteiger charge is -2.43. The molecule has 5 aromatic rings. The van der Waals surface area contributed by atoms with Gasteiger partial charge >= 0.3 is 0 Å². The van der Waals surface area contributed by atoms with Crippen LogP contribution in [0.5, 0.6) is 0 Å². The summed E-state index contributed by atoms with van der Waals surface area (Å²) in [7, 11) is 2.02. The van der Waals surface area contributed by atoms with Crippen LogP contribution >= 0.6 is 0 Å². The zero-order chi connectivity index (χ0) is 35.0. The topological polar surface area (TPSA) is 104 Å². The third-order valence-electron chi connectivity index (χ3n) is 9.70. The summed E-state index contributed by atoms with van der Waals surface area (Å²) < 4.78 is 13.4. The lowest BCUT2D eigenvalue weighted by atomic mass is 9.89. The number of aromatic nitrogens is 1. The van der Waals surface area contributed by atoms with Gasteiger partial charge in [0.05, 0.1) is 30.5 Å². The highest BCUT2D eigenvalue weighted by Gasteiger charge is 2.39. The monoisotopic (exact) mass is 671 g/mol. The molecule has 1 amide bonds. The van der Waals surface area contributed by atoms with Gasteiger partial charge in [-0.1, -0.05) is 104 Å². The molecular weight excluding hydrogens is 626 g/mol. The molecule has 1 saturated heterocycles. The van der Waals surface area contributed by atoms with E-state index in [1.54, 1.807) is 24.5 Å². The van der Waals surface area contributed by atoms with Crippen molar-refractivity contribution in [2.24, 2.45) is 5.92 Å². The largest absolute Gasteiger partial charge is 0.392 e. The Labute approximate surface area is 294 Å². The van der Waals surface area contributed by atoms with Crippen molar-refractivity contribution in [2.45, 2.75) is 57.6 Å². The third-order valence-corrected chi connectivity index (χ3v) is 9.70. The van der Waals surface area contributed by atoms with E-state index in [2.05, 4.69) is 46.4 Å². The Balaban J connectivity index is 1.19. The van der Waals surface area contributed by atoms with Crippen LogP contribution in [0.3, 0.4) is 0 Å². The van der Waals surface area contributed by atoms with Crippen molar-refractivity contribution in [2.75, 3.05) is 13.6 Å². The molecule has 0 radical (unpaired) electrons. The summed E-state index contributed by atoms with van der Waals surface area (Å²) in [6.45, 7) is 5.16. The van der Waals surface area contributed by atoms with E-state index in [0.717, 1.165) is 38.9 Å². The maximum Gasteiger partial charge on any atom is 0.253 e. The van der Waals surface area contributed by atoms with E-state index in [4.69, 9.17) is 9.47 Å². The van der Waals surface area contributed by atoms with E-state index in [1.807, 2.05) is 92.8 Å². The van der Waals surface area contributed by atoms with E-state index in [1.165, 1.54) is 0 Å². The zero-order valence-corrected chi connectivity index (χ0v) is 28.7. The molecule has 0 saturated carbocycles. The van der Waals surface area contributed by atoms with Crippen LogP contribution < -0.4 is 5.32 Å². The maximum absolute atomic E-state index is 12.5. The summed E-state index contributed by atoms with van der Waals surface area (Å²) in [4.78, 5) is 18.7. The fourth-order valence-corrected chi connectivity index (χ4v) is 6.42. The predicted molar refractivity (Wildman–Crippen MR) is 194 cm³/mol. The minimum absolute atomic E-state index is 0.00963. The molecule has 6 rings (SSSR count). The molecule has 3 N–H and O–H groups in total. The van der Waals surface area contributed by atoms with Crippen molar-refractivity contribution in [1.82, 2.24) is 15.2 Å². The van der Waals surface area contributed by atoms with Crippen LogP contribution in [-0.2, 0) is 22.6 Å². The van der Waals surface area contributed by atoms with E-state index < -0.39 is 12.4 Å². The summed E-state index contributed by atoms with van der Waals surface area (Å²) in [6, 6.07) is 37.3. The quantitative estimate of drug-likeness (QED) is 0.131. The highest BCUT2D eigenvalue weighted by Crippen LogP contribution is 2.42. The number of nitrogens with one attached hydrogen (secondary N) is 1. The number of aliphatic hydroxyl groups is 2. The second-order valence-electron chi connectivity index (χ2n) is 13.1. The summed E-state index contributed by atoms with van der Waals surface area (Å²) >= 11 is 0. The lowest BCUT2D eigenvalue weighted by Crippen LogP contribution is -2.46. The number of rotatable bonds is 12. The van der Waals surface area contributed by atoms with Crippen LogP contribution in [0.1, 0.15) is 70.5 Å². The third kappa shape index (κ3) is 8.35. The van der Waals surface area contributed by atoms with Gasteiger partial charge in [0.1, 0.15) is 0 Å². The second kappa shape index (κ2) is 16.3. The van der Waals surface area contributed by atoms with Gasteiger partial charge in [-0.3, -0.25) is 14.7 Å². The van der Waals surface area contributed by atoms with Crippen molar-refractivity contribution in [3.8, 4) is 11.1 Å². The molecule has 0 aliphatic carbocycles. The lowest BCUT2D eigenvalue weighted by molar-refractivity contribution is -0.276. The predicted octanol–water partition coefficient (Wildman–Crippen LogP) is 7.02. The van der Waals surface area contributed by atoms with Gasteiger partial charge in [-0.25, -0.2) is 0 Å². The number of nitrogens with zero attached hydrogens (tertiary/aromatic N) is 2. The summed E-state index contributed by atoms with van der Waals surface area (Å²) in [5.74, 6) is -0.154. The number of benzene rings is 4. The molecule has 8 nitrogen and oxygen atoms in total. The first kappa shape index (κ1) is 35.1. The summed E-state index contributed by atoms with van der Waals surface area (Å²) in [5, 5.41) is 23.7. The molecule has 0 unspecified atom stereocenters. The van der Waals surface area contributed by atoms with Crippen LogP contribution in [0.2, 0.25) is 0 Å². The second-order valence-corrected chi connectivity index (χ2v) is 13.1. The molecule has 1 aromatic heterocycles. The molecule has 8 heteroatoms. The minimum Gasteiger partial charge on any atom is -0.392 e. The van der Waals surface area contributed by atoms with Crippen molar-refractivity contribution in [3.63, 3.8) is 0 Å². The number of pyridine rings is 1. The number of amides is 1. The van der Waals surface area contributed by atoms with E-state index >= 15 is 0 Å². The van der Waals surface area contributed by atoms with Crippen LogP contribution in [0.4, 0.5) is 0 Å². The molecular formula is C42H45N3O5. The summed E-state index contributed by atoms with van der Waals surface area (Å²) in [5.41, 5.74) is 7.25. The molecule has 0 bridgehead atoms. The average Bonchev–Trinajstić information content (AvgIpc) is 3.18. The van der Waals surface area contributed by atoms with Crippen LogP contribution in [0.15, 0.2) is 128 Å². The Morgan fingerprint density at radius 3 is 2.30 bits per heavy atom. The van der Waals surface area contributed by atoms with Gasteiger partial charge in [0, 0.05) is 43.0 Å². The molecule has 258 valence electrons. The van der Waals surface area contributed by atoms with Crippen molar-refractivity contribution in [3.05, 3.63) is 161 Å². The van der Waals surface area contributed by atoms with Crippen LogP contribution in [0.25, 0.3) is 11.1 Å². The van der Waals surface area contributed by atoms with Gasteiger partial charge in [0.2, 0.25) is 0 Å². The van der Waals surface area contributed by atoms with Crippen molar-refractivity contribution >= 4 is 5.91 Å². The number of ether oxygens (including phenoxy) is 2. The van der Waals surface area contributed by atoms with Gasteiger partial charge in [-0.2, -0.15) is 0 Å². The molecule has 1 aliphatic rings. The number of hydrogen-bond donors (Lipinski definition) is 3. The highest BCUT2D eigenvalue weighted by atomic mass is 16.7. The Hall–Kier alpha value is -4.70. The van der Waals surface area contributed by atoms with Gasteiger partial charge in [-0.05, 0) is 65.6 Å². The average molecular weight is 672 g/mol. The number of carbonyl (C=O) groups excluding carboxylic acids is 1. The molecule has 0 spiro atoms. The first-order chi connectivity index (χ1) is 24.3. The van der Waals surface area contributed by atoms with Crippen LogP contribution in [0, 0.1) is 5.92 Å². The van der Waals surface area contributed by atoms with E-state index in [9.17, 15) is 15.0 Å². The van der Waals surface area contributed by atoms with Crippen molar-refractivity contribution in [1.29, 1.82) is 0 Å². The number of hydrogen-bond acceptors (Lipinski definition) is 7. The molecule has 1 aliphatic heterocycles. The fraction of sp³-hybridized carbons (Fsp3) is 0.286. The Morgan fingerprint density at radius 1 is 0.860 bits per heavy atom. The van der Waals surface area contributed by atoms with Gasteiger partial charge in [0.25, 0.3) is 5.91 Å². The summed E-state index contributed by atoms with van der Waals surface area (Å²) in [6.07, 6.45) is 1.52. The van der Waals surface area contributed by atoms with E-state index in [-0.39, 0.29) is 36.7 Å². The molecule has 6 atom stereocenters. The van der Waals surface area contributed by atoms with Gasteiger partial charge < -0.3 is 25.0 Å². The molecule has 4 aromatic carbocycles. The SMILES string of the molecule is C[C@@H]1[C@H](CN(C)[C@@H](C)[C@H](O)c2ccccc2)O[C@H](c2ccc(-c3cccc(CNC(=O)c4cccnc4)c3)cc2)O[C@@H]1c1ccc(CO)cc1. The van der Waals surface area contributed by atoms with Gasteiger partial charge in [-0.15, -0.1) is 0 Å². The smallest absolute Gasteiger partial charge is 0.253 e. The Morgan fingerprint density at radius 2 is 1.60 bits per heavy atom. The van der Waals surface area contributed by atoms with Gasteiger partial charge in [0.15, 0.2) is 6.29 Å². The fourth-order valence-electron chi connectivity index (χ4n) is 6.42. The highest BCUT2D eigenvalue weighted by molar-refractivity contribution is 5.93. The number of likely N-dealkylation sites (N-methyl/N-ethyl adjacent to an activating group) is 1. The standard InChI is InChI=1S/C42H45N3O5/c1-28-38(26-45(3)29(2)39(47)33-10-5-4-6-11-33)49-42(50-40(28)34-16-14-30(27-46)15-17-34)35-20-18-32(19-21-35)36-12-7-9-31(23-36)24-44-41(48)37-13-8-22-43-25-37/h4-23,25,28-29,38-40,42,46-47H,24,26-27H2,1-3H3,(H,44,48)/t28-,29+,38+,39+,40+,42+/m1/s1. The molecule has 2 heterocycles. The minimum atomic E-state index is -0.641. The Kier molecular flexibility index (Phi) is 11.5. The van der Waals surface area contributed by atoms with Crippen molar-refractivity contribution < 1.29 is 24.5 Å². The Bertz CT molecular complexity index is 1820. The molecule has 1 fully saturated rings. The number of carbonyl (C=O) groups is 1. The maximum atomic E-state index is 12.5. The number of aliphatic hydroxyl groups excluding tert-OH is 2. The first-order valence-corrected chi connectivity index (χ1v) is 17.1. The normalized spacial score (nSPS) is 20.3. The first-order valence-electron chi connectivity index (χ1n) is 17.1.